The van der Waals surface area contributed by atoms with Crippen LogP contribution in [0.2, 0.25) is 5.02 Å². The third kappa shape index (κ3) is 3.52. The zero-order valence-electron chi connectivity index (χ0n) is 12.7. The lowest BCUT2D eigenvalue weighted by atomic mass is 10.2. The highest BCUT2D eigenvalue weighted by atomic mass is 35.5. The average molecular weight is 301 g/mol. The molecule has 0 aliphatic carbocycles. The van der Waals surface area contributed by atoms with Gasteiger partial charge in [0.05, 0.1) is 29.6 Å². The number of nitrogens with zero attached hydrogens (tertiary/aromatic N) is 3. The lowest BCUT2D eigenvalue weighted by Crippen LogP contribution is -2.50. The van der Waals surface area contributed by atoms with Gasteiger partial charge >= 0.3 is 0 Å². The van der Waals surface area contributed by atoms with Crippen LogP contribution < -0.4 is 5.32 Å². The normalized spacial score (nSPS) is 20.5. The first kappa shape index (κ1) is 15.8. The molecule has 1 saturated heterocycles. The molecule has 1 unspecified atom stereocenters. The van der Waals surface area contributed by atoms with E-state index in [9.17, 15) is 0 Å². The van der Waals surface area contributed by atoms with Crippen LogP contribution in [0.1, 0.15) is 25.2 Å². The number of aromatic nitrogens is 2. The summed E-state index contributed by atoms with van der Waals surface area (Å²) >= 11 is 6.44. The van der Waals surface area contributed by atoms with Crippen molar-refractivity contribution in [3.8, 4) is 0 Å². The molecule has 1 atom stereocenters. The van der Waals surface area contributed by atoms with E-state index >= 15 is 0 Å². The zero-order valence-corrected chi connectivity index (χ0v) is 13.4. The maximum atomic E-state index is 6.44. The van der Waals surface area contributed by atoms with Gasteiger partial charge in [-0.15, -0.1) is 0 Å². The van der Waals surface area contributed by atoms with Gasteiger partial charge in [-0.05, 0) is 13.0 Å². The molecule has 1 N–H and O–H groups in total. The summed E-state index contributed by atoms with van der Waals surface area (Å²) in [6, 6.07) is 0.403. The minimum absolute atomic E-state index is 0.403. The third-order valence-corrected chi connectivity index (χ3v) is 4.27. The fourth-order valence-corrected chi connectivity index (χ4v) is 2.93. The Morgan fingerprint density at radius 2 is 2.25 bits per heavy atom. The Balaban J connectivity index is 2.08. The largest absolute Gasteiger partial charge is 0.378 e. The zero-order chi connectivity index (χ0) is 14.5. The SMILES string of the molecule is CCNCC1COCCN1Cc1c(Cl)c(CC)nn1C. The molecule has 1 aromatic heterocycles. The summed E-state index contributed by atoms with van der Waals surface area (Å²) in [5, 5.41) is 8.72. The second-order valence-corrected chi connectivity index (χ2v) is 5.57. The molecule has 5 nitrogen and oxygen atoms in total. The Morgan fingerprint density at radius 1 is 1.45 bits per heavy atom. The Hall–Kier alpha value is -0.620. The molecule has 1 fully saturated rings. The van der Waals surface area contributed by atoms with Crippen LogP contribution >= 0.6 is 11.6 Å². The topological polar surface area (TPSA) is 42.3 Å². The van der Waals surface area contributed by atoms with Crippen LogP contribution in [0, 0.1) is 0 Å². The predicted molar refractivity (Wildman–Crippen MR) is 81.2 cm³/mol. The van der Waals surface area contributed by atoms with E-state index in [2.05, 4.69) is 29.2 Å². The number of morpholine rings is 1. The number of nitrogens with one attached hydrogen (secondary N) is 1. The summed E-state index contributed by atoms with van der Waals surface area (Å²) in [5.74, 6) is 0. The fourth-order valence-electron chi connectivity index (χ4n) is 2.58. The minimum atomic E-state index is 0.403. The van der Waals surface area contributed by atoms with Gasteiger partial charge in [-0.25, -0.2) is 0 Å². The maximum absolute atomic E-state index is 6.44. The van der Waals surface area contributed by atoms with E-state index in [1.165, 1.54) is 0 Å². The molecular weight excluding hydrogens is 276 g/mol. The van der Waals surface area contributed by atoms with Crippen molar-refractivity contribution in [2.45, 2.75) is 32.9 Å². The summed E-state index contributed by atoms with van der Waals surface area (Å²) in [6.45, 7) is 9.49. The number of halogens is 1. The molecule has 20 heavy (non-hydrogen) atoms. The fraction of sp³-hybridized carbons (Fsp3) is 0.786. The van der Waals surface area contributed by atoms with Crippen molar-refractivity contribution in [2.24, 2.45) is 7.05 Å². The summed E-state index contributed by atoms with van der Waals surface area (Å²) in [7, 11) is 1.97. The van der Waals surface area contributed by atoms with Crippen molar-refractivity contribution in [3.63, 3.8) is 0 Å². The van der Waals surface area contributed by atoms with Gasteiger partial charge in [-0.1, -0.05) is 25.4 Å². The Kier molecular flexibility index (Phi) is 5.84. The van der Waals surface area contributed by atoms with Crippen LogP contribution in [0.3, 0.4) is 0 Å². The van der Waals surface area contributed by atoms with Crippen molar-refractivity contribution in [2.75, 3.05) is 32.8 Å². The van der Waals surface area contributed by atoms with Crippen LogP contribution in [-0.4, -0.2) is 53.6 Å². The molecule has 0 spiro atoms. The van der Waals surface area contributed by atoms with Crippen molar-refractivity contribution >= 4 is 11.6 Å². The van der Waals surface area contributed by atoms with E-state index in [4.69, 9.17) is 16.3 Å². The van der Waals surface area contributed by atoms with Crippen LogP contribution in [0.5, 0.6) is 0 Å². The number of hydrogen-bond donors (Lipinski definition) is 1. The number of likely N-dealkylation sites (N-methyl/N-ethyl adjacent to an activating group) is 1. The van der Waals surface area contributed by atoms with Gasteiger partial charge < -0.3 is 10.1 Å². The van der Waals surface area contributed by atoms with Gasteiger partial charge in [0, 0.05) is 32.7 Å². The molecular formula is C14H25ClN4O. The highest BCUT2D eigenvalue weighted by Gasteiger charge is 2.25. The lowest BCUT2D eigenvalue weighted by molar-refractivity contribution is -0.0117. The quantitative estimate of drug-likeness (QED) is 0.863. The van der Waals surface area contributed by atoms with Crippen molar-refractivity contribution in [1.82, 2.24) is 20.0 Å². The molecule has 0 aromatic carbocycles. The average Bonchev–Trinajstić information content (AvgIpc) is 2.73. The first-order chi connectivity index (χ1) is 9.67. The van der Waals surface area contributed by atoms with Crippen LogP contribution in [0.15, 0.2) is 0 Å². The van der Waals surface area contributed by atoms with E-state index < -0.39 is 0 Å². The van der Waals surface area contributed by atoms with E-state index in [0.717, 1.165) is 62.2 Å². The summed E-state index contributed by atoms with van der Waals surface area (Å²) < 4.78 is 7.51. The standard InChI is InChI=1S/C14H25ClN4O/c1-4-12-14(15)13(18(3)17-12)9-19-6-7-20-10-11(19)8-16-5-2/h11,16H,4-10H2,1-3H3. The monoisotopic (exact) mass is 300 g/mol. The summed E-state index contributed by atoms with van der Waals surface area (Å²) in [4.78, 5) is 2.44. The van der Waals surface area contributed by atoms with Crippen molar-refractivity contribution in [3.05, 3.63) is 16.4 Å². The molecule has 0 bridgehead atoms. The molecule has 2 heterocycles. The van der Waals surface area contributed by atoms with E-state index in [1.807, 2.05) is 11.7 Å². The first-order valence-corrected chi connectivity index (χ1v) is 7.77. The summed E-state index contributed by atoms with van der Waals surface area (Å²) in [6.07, 6.45) is 0.872. The smallest absolute Gasteiger partial charge is 0.0863 e. The molecule has 1 aromatic rings. The van der Waals surface area contributed by atoms with E-state index in [-0.39, 0.29) is 0 Å². The Morgan fingerprint density at radius 3 is 2.90 bits per heavy atom. The van der Waals surface area contributed by atoms with Gasteiger partial charge in [0.25, 0.3) is 0 Å². The Labute approximate surface area is 126 Å². The predicted octanol–water partition coefficient (Wildman–Crippen LogP) is 1.45. The molecule has 114 valence electrons. The second kappa shape index (κ2) is 7.41. The minimum Gasteiger partial charge on any atom is -0.378 e. The van der Waals surface area contributed by atoms with Gasteiger partial charge in [0.15, 0.2) is 0 Å². The van der Waals surface area contributed by atoms with Crippen LogP contribution in [0.25, 0.3) is 0 Å². The van der Waals surface area contributed by atoms with Crippen LogP contribution in [0.4, 0.5) is 0 Å². The van der Waals surface area contributed by atoms with Crippen LogP contribution in [-0.2, 0) is 24.8 Å². The van der Waals surface area contributed by atoms with E-state index in [1.54, 1.807) is 0 Å². The molecule has 0 radical (unpaired) electrons. The highest BCUT2D eigenvalue weighted by molar-refractivity contribution is 6.31. The van der Waals surface area contributed by atoms with Gasteiger partial charge in [-0.3, -0.25) is 9.58 Å². The number of rotatable bonds is 6. The van der Waals surface area contributed by atoms with Gasteiger partial charge in [0.2, 0.25) is 0 Å². The van der Waals surface area contributed by atoms with Gasteiger partial charge in [-0.2, -0.15) is 5.10 Å². The maximum Gasteiger partial charge on any atom is 0.0863 e. The molecule has 0 amide bonds. The molecule has 1 aliphatic rings. The van der Waals surface area contributed by atoms with Gasteiger partial charge in [0.1, 0.15) is 0 Å². The van der Waals surface area contributed by atoms with E-state index in [0.29, 0.717) is 6.04 Å². The number of ether oxygens (including phenoxy) is 1. The second-order valence-electron chi connectivity index (χ2n) is 5.19. The highest BCUT2D eigenvalue weighted by Crippen LogP contribution is 2.23. The third-order valence-electron chi connectivity index (χ3n) is 3.84. The lowest BCUT2D eigenvalue weighted by Gasteiger charge is -2.35. The molecule has 1 aliphatic heterocycles. The van der Waals surface area contributed by atoms with Crippen molar-refractivity contribution in [1.29, 1.82) is 0 Å². The molecule has 6 heteroatoms. The number of hydrogen-bond acceptors (Lipinski definition) is 4. The first-order valence-electron chi connectivity index (χ1n) is 7.40. The summed E-state index contributed by atoms with van der Waals surface area (Å²) in [5.41, 5.74) is 2.09. The molecule has 2 rings (SSSR count). The Bertz CT molecular complexity index is 435. The van der Waals surface area contributed by atoms with Crippen molar-refractivity contribution < 1.29 is 4.74 Å². The number of aryl methyl sites for hydroxylation is 2. The molecule has 0 saturated carbocycles.